The van der Waals surface area contributed by atoms with Gasteiger partial charge in [-0.3, -0.25) is 9.69 Å². The Morgan fingerprint density at radius 2 is 1.27 bits per heavy atom. The molecule has 1 N–H and O–H groups in total. The molecule has 1 atom stereocenters. The average molecular weight is 344 g/mol. The van der Waals surface area contributed by atoms with E-state index in [9.17, 15) is 4.79 Å². The summed E-state index contributed by atoms with van der Waals surface area (Å²) in [5.74, 6) is 0.0299. The van der Waals surface area contributed by atoms with E-state index in [1.54, 1.807) is 4.90 Å². The van der Waals surface area contributed by atoms with Crippen LogP contribution in [0.3, 0.4) is 0 Å². The number of nitrogens with one attached hydrogen (secondary N) is 1. The first kappa shape index (κ1) is 17.9. The molecule has 1 amide bonds. The van der Waals surface area contributed by atoms with Crippen molar-refractivity contribution in [2.24, 2.45) is 0 Å². The minimum absolute atomic E-state index is 0.0299. The van der Waals surface area contributed by atoms with Crippen LogP contribution >= 0.6 is 0 Å². The summed E-state index contributed by atoms with van der Waals surface area (Å²) in [6, 6.07) is 30.1. The van der Waals surface area contributed by atoms with E-state index in [2.05, 4.69) is 24.4 Å². The Morgan fingerprint density at radius 1 is 0.808 bits per heavy atom. The van der Waals surface area contributed by atoms with E-state index in [0.717, 1.165) is 17.8 Å². The molecule has 26 heavy (non-hydrogen) atoms. The first-order chi connectivity index (χ1) is 12.7. The Bertz CT molecular complexity index is 764. The Morgan fingerprint density at radius 3 is 1.77 bits per heavy atom. The molecule has 1 unspecified atom stereocenters. The van der Waals surface area contributed by atoms with Gasteiger partial charge in [0.2, 0.25) is 5.91 Å². The summed E-state index contributed by atoms with van der Waals surface area (Å²) in [5.41, 5.74) is 3.02. The van der Waals surface area contributed by atoms with Gasteiger partial charge in [0.25, 0.3) is 0 Å². The molecular formula is C23H24N2O. The molecule has 3 aromatic carbocycles. The maximum Gasteiger partial charge on any atom is 0.245 e. The molecule has 132 valence electrons. The number of nitrogens with zero attached hydrogens (tertiary/aromatic N) is 1. The summed E-state index contributed by atoms with van der Waals surface area (Å²) in [6.45, 7) is 2.40. The van der Waals surface area contributed by atoms with Crippen molar-refractivity contribution >= 4 is 17.3 Å². The van der Waals surface area contributed by atoms with Gasteiger partial charge in [-0.2, -0.15) is 0 Å². The molecule has 0 bridgehead atoms. The van der Waals surface area contributed by atoms with E-state index in [1.165, 1.54) is 5.56 Å². The average Bonchev–Trinajstić information content (AvgIpc) is 2.69. The standard InChI is InChI=1S/C23H24N2O/c1-19(17-20-11-5-2-6-12-20)24-18-23(26)25(21-13-7-3-8-14-21)22-15-9-4-10-16-22/h2-16,19,24H,17-18H2,1H3. The summed E-state index contributed by atoms with van der Waals surface area (Å²) in [4.78, 5) is 14.7. The van der Waals surface area contributed by atoms with Crippen LogP contribution in [0.15, 0.2) is 91.0 Å². The minimum Gasteiger partial charge on any atom is -0.306 e. The fourth-order valence-electron chi connectivity index (χ4n) is 2.97. The van der Waals surface area contributed by atoms with Crippen LogP contribution in [0.25, 0.3) is 0 Å². The lowest BCUT2D eigenvalue weighted by Gasteiger charge is -2.24. The SMILES string of the molecule is CC(Cc1ccccc1)NCC(=O)N(c1ccccc1)c1ccccc1. The van der Waals surface area contributed by atoms with E-state index in [0.29, 0.717) is 0 Å². The zero-order chi connectivity index (χ0) is 18.2. The third kappa shape index (κ3) is 4.80. The van der Waals surface area contributed by atoms with Crippen LogP contribution in [0.2, 0.25) is 0 Å². The Balaban J connectivity index is 1.68. The van der Waals surface area contributed by atoms with Crippen molar-refractivity contribution in [3.8, 4) is 0 Å². The second-order valence-corrected chi connectivity index (χ2v) is 6.37. The molecule has 0 aliphatic rings. The van der Waals surface area contributed by atoms with Gasteiger partial charge in [-0.15, -0.1) is 0 Å². The van der Waals surface area contributed by atoms with Crippen molar-refractivity contribution < 1.29 is 4.79 Å². The number of benzene rings is 3. The summed E-state index contributed by atoms with van der Waals surface area (Å²) in [7, 11) is 0. The number of carbonyl (C=O) groups excluding carboxylic acids is 1. The molecule has 0 fully saturated rings. The van der Waals surface area contributed by atoms with Crippen LogP contribution in [0.4, 0.5) is 11.4 Å². The molecule has 0 aliphatic carbocycles. The lowest BCUT2D eigenvalue weighted by Crippen LogP contribution is -2.39. The zero-order valence-corrected chi connectivity index (χ0v) is 15.0. The molecule has 3 heteroatoms. The predicted octanol–water partition coefficient (Wildman–Crippen LogP) is 4.57. The molecule has 0 saturated heterocycles. The van der Waals surface area contributed by atoms with Crippen LogP contribution in [-0.2, 0) is 11.2 Å². The van der Waals surface area contributed by atoms with E-state index < -0.39 is 0 Å². The van der Waals surface area contributed by atoms with Crippen molar-refractivity contribution in [3.63, 3.8) is 0 Å². The summed E-state index contributed by atoms with van der Waals surface area (Å²) >= 11 is 0. The normalized spacial score (nSPS) is 11.7. The number of hydrogen-bond donors (Lipinski definition) is 1. The van der Waals surface area contributed by atoms with Gasteiger partial charge in [-0.1, -0.05) is 66.7 Å². The second-order valence-electron chi connectivity index (χ2n) is 6.37. The minimum atomic E-state index is 0.0299. The highest BCUT2D eigenvalue weighted by molar-refractivity contribution is 6.01. The maximum absolute atomic E-state index is 13.0. The van der Waals surface area contributed by atoms with Crippen molar-refractivity contribution in [1.82, 2.24) is 5.32 Å². The lowest BCUT2D eigenvalue weighted by molar-refractivity contribution is -0.117. The van der Waals surface area contributed by atoms with Gasteiger partial charge in [-0.25, -0.2) is 0 Å². The topological polar surface area (TPSA) is 32.3 Å². The van der Waals surface area contributed by atoms with E-state index in [4.69, 9.17) is 0 Å². The van der Waals surface area contributed by atoms with Gasteiger partial charge >= 0.3 is 0 Å². The van der Waals surface area contributed by atoms with Gasteiger partial charge < -0.3 is 5.32 Å². The molecule has 3 nitrogen and oxygen atoms in total. The molecule has 0 spiro atoms. The molecule has 0 aliphatic heterocycles. The zero-order valence-electron chi connectivity index (χ0n) is 15.0. The first-order valence-electron chi connectivity index (χ1n) is 8.94. The Hall–Kier alpha value is -2.91. The van der Waals surface area contributed by atoms with Gasteiger partial charge in [0.05, 0.1) is 6.54 Å². The number of para-hydroxylation sites is 2. The quantitative estimate of drug-likeness (QED) is 0.681. The highest BCUT2D eigenvalue weighted by Crippen LogP contribution is 2.24. The third-order valence-corrected chi connectivity index (χ3v) is 4.26. The van der Waals surface area contributed by atoms with Crippen LogP contribution in [0, 0.1) is 0 Å². The van der Waals surface area contributed by atoms with E-state index in [1.807, 2.05) is 78.9 Å². The smallest absolute Gasteiger partial charge is 0.245 e. The molecule has 3 aromatic rings. The molecule has 0 radical (unpaired) electrons. The molecule has 0 saturated carbocycles. The van der Waals surface area contributed by atoms with Crippen molar-refractivity contribution in [1.29, 1.82) is 0 Å². The van der Waals surface area contributed by atoms with Crippen LogP contribution < -0.4 is 10.2 Å². The number of amides is 1. The summed E-state index contributed by atoms with van der Waals surface area (Å²) in [5, 5.41) is 3.36. The largest absolute Gasteiger partial charge is 0.306 e. The number of hydrogen-bond acceptors (Lipinski definition) is 2. The highest BCUT2D eigenvalue weighted by Gasteiger charge is 2.18. The Labute approximate surface area is 155 Å². The monoisotopic (exact) mass is 344 g/mol. The number of carbonyl (C=O) groups is 1. The van der Waals surface area contributed by atoms with Crippen molar-refractivity contribution in [3.05, 3.63) is 96.6 Å². The van der Waals surface area contributed by atoms with E-state index >= 15 is 0 Å². The van der Waals surface area contributed by atoms with Crippen molar-refractivity contribution in [2.75, 3.05) is 11.4 Å². The van der Waals surface area contributed by atoms with Gasteiger partial charge in [0, 0.05) is 17.4 Å². The molecular weight excluding hydrogens is 320 g/mol. The number of rotatable bonds is 7. The maximum atomic E-state index is 13.0. The van der Waals surface area contributed by atoms with E-state index in [-0.39, 0.29) is 18.5 Å². The summed E-state index contributed by atoms with van der Waals surface area (Å²) < 4.78 is 0. The predicted molar refractivity (Wildman–Crippen MR) is 108 cm³/mol. The molecule has 0 heterocycles. The van der Waals surface area contributed by atoms with Crippen LogP contribution in [0.1, 0.15) is 12.5 Å². The molecule has 3 rings (SSSR count). The Kier molecular flexibility index (Phi) is 6.18. The van der Waals surface area contributed by atoms with Gasteiger partial charge in [-0.05, 0) is 43.2 Å². The fourth-order valence-corrected chi connectivity index (χ4v) is 2.97. The fraction of sp³-hybridized carbons (Fsp3) is 0.174. The van der Waals surface area contributed by atoms with Crippen LogP contribution in [-0.4, -0.2) is 18.5 Å². The first-order valence-corrected chi connectivity index (χ1v) is 8.94. The van der Waals surface area contributed by atoms with Crippen molar-refractivity contribution in [2.45, 2.75) is 19.4 Å². The van der Waals surface area contributed by atoms with Gasteiger partial charge in [0.15, 0.2) is 0 Å². The molecule has 0 aromatic heterocycles. The number of anilines is 2. The highest BCUT2D eigenvalue weighted by atomic mass is 16.2. The van der Waals surface area contributed by atoms with Crippen LogP contribution in [0.5, 0.6) is 0 Å². The van der Waals surface area contributed by atoms with Gasteiger partial charge in [0.1, 0.15) is 0 Å². The third-order valence-electron chi connectivity index (χ3n) is 4.26. The second kappa shape index (κ2) is 8.97. The lowest BCUT2D eigenvalue weighted by atomic mass is 10.1. The summed E-state index contributed by atoms with van der Waals surface area (Å²) in [6.07, 6.45) is 0.894.